The molecule has 0 aliphatic heterocycles. The van der Waals surface area contributed by atoms with E-state index >= 15 is 0 Å². The molecule has 0 N–H and O–H groups in total. The van der Waals surface area contributed by atoms with E-state index in [2.05, 4.69) is 0 Å². The Bertz CT molecular complexity index is 337. The molecule has 0 bridgehead atoms. The van der Waals surface area contributed by atoms with Crippen molar-refractivity contribution in [1.82, 2.24) is 0 Å². The monoisotopic (exact) mass is 328 g/mol. The van der Waals surface area contributed by atoms with Crippen molar-refractivity contribution in [3.63, 3.8) is 0 Å². The average molecular weight is 329 g/mol. The van der Waals surface area contributed by atoms with Gasteiger partial charge in [0.2, 0.25) is 0 Å². The maximum Gasteiger partial charge on any atom is 0.530 e. The summed E-state index contributed by atoms with van der Waals surface area (Å²) in [4.78, 5) is 0. The van der Waals surface area contributed by atoms with Crippen molar-refractivity contribution in [2.45, 2.75) is 63.6 Å². The van der Waals surface area contributed by atoms with E-state index in [1.807, 2.05) is 0 Å². The lowest BCUT2D eigenvalue weighted by Gasteiger charge is -2.22. The smallest absolute Gasteiger partial charge is 0.409 e. The van der Waals surface area contributed by atoms with E-state index in [0.717, 1.165) is 57.6 Å². The third kappa shape index (κ3) is 5.28. The summed E-state index contributed by atoms with van der Waals surface area (Å²) in [5.41, 5.74) is 0. The summed E-state index contributed by atoms with van der Waals surface area (Å²) in [7, 11) is -3.62. The van der Waals surface area contributed by atoms with Crippen LogP contribution in [0.4, 0.5) is 0 Å². The molecule has 0 unspecified atom stereocenters. The number of rotatable bonds is 6. The fourth-order valence-corrected chi connectivity index (χ4v) is 4.28. The van der Waals surface area contributed by atoms with Crippen molar-refractivity contribution >= 4 is 31.0 Å². The normalized spacial score (nSPS) is 21.8. The number of hydrogen-bond acceptors (Lipinski definition) is 4. The molecule has 0 heterocycles. The third-order valence-corrected chi connectivity index (χ3v) is 5.09. The fraction of sp³-hybridized carbons (Fsp3) is 0.833. The first-order chi connectivity index (χ1) is 9.07. The van der Waals surface area contributed by atoms with Gasteiger partial charge >= 0.3 is 7.82 Å². The number of halogens is 2. The number of phosphoric ester groups is 1. The second kappa shape index (κ2) is 7.33. The van der Waals surface area contributed by atoms with Crippen molar-refractivity contribution in [1.29, 1.82) is 0 Å². The zero-order valence-electron chi connectivity index (χ0n) is 10.7. The molecule has 0 atom stereocenters. The standard InChI is InChI=1S/C12H19Cl2O4P/c13-12(14)9-16-19(15,17-10-5-1-2-6-10)18-11-7-3-4-8-11/h9-11H,1-8H2. The quantitative estimate of drug-likeness (QED) is 0.489. The first kappa shape index (κ1) is 15.7. The van der Waals surface area contributed by atoms with Crippen LogP contribution in [0.2, 0.25) is 0 Å². The average Bonchev–Trinajstić information content (AvgIpc) is 3.00. The van der Waals surface area contributed by atoms with Gasteiger partial charge in [0.05, 0.1) is 12.2 Å². The summed E-state index contributed by atoms with van der Waals surface area (Å²) >= 11 is 11.0. The maximum atomic E-state index is 12.6. The second-order valence-electron chi connectivity index (χ2n) is 4.98. The van der Waals surface area contributed by atoms with Crippen molar-refractivity contribution in [2.24, 2.45) is 0 Å². The summed E-state index contributed by atoms with van der Waals surface area (Å²) in [5, 5.41) is 0. The number of hydrogen-bond donors (Lipinski definition) is 0. The fourth-order valence-electron chi connectivity index (χ4n) is 2.53. The summed E-state index contributed by atoms with van der Waals surface area (Å²) in [5.74, 6) is 0. The Labute approximate surface area is 124 Å². The van der Waals surface area contributed by atoms with Crippen LogP contribution < -0.4 is 0 Å². The predicted octanol–water partition coefficient (Wildman–Crippen LogP) is 5.31. The SMILES string of the molecule is O=P(OC=C(Cl)Cl)(OC1CCCC1)OC1CCCC1. The predicted molar refractivity (Wildman–Crippen MR) is 75.2 cm³/mol. The Morgan fingerprint density at radius 2 is 1.37 bits per heavy atom. The summed E-state index contributed by atoms with van der Waals surface area (Å²) in [6.07, 6.45) is 8.79. The van der Waals surface area contributed by atoms with E-state index in [-0.39, 0.29) is 16.7 Å². The minimum Gasteiger partial charge on any atom is -0.409 e. The van der Waals surface area contributed by atoms with Crippen LogP contribution in [0.1, 0.15) is 51.4 Å². The zero-order valence-corrected chi connectivity index (χ0v) is 13.1. The van der Waals surface area contributed by atoms with Crippen LogP contribution in [-0.4, -0.2) is 12.2 Å². The molecule has 2 fully saturated rings. The molecule has 2 aliphatic carbocycles. The minimum atomic E-state index is -3.62. The van der Waals surface area contributed by atoms with Gasteiger partial charge in [-0.3, -0.25) is 9.05 Å². The molecule has 19 heavy (non-hydrogen) atoms. The molecule has 4 nitrogen and oxygen atoms in total. The van der Waals surface area contributed by atoms with Crippen LogP contribution in [0.25, 0.3) is 0 Å². The lowest BCUT2D eigenvalue weighted by molar-refractivity contribution is 0.0741. The molecule has 0 radical (unpaired) electrons. The van der Waals surface area contributed by atoms with Gasteiger partial charge in [-0.1, -0.05) is 48.9 Å². The largest absolute Gasteiger partial charge is 0.530 e. The van der Waals surface area contributed by atoms with Gasteiger partial charge in [-0.05, 0) is 25.7 Å². The topological polar surface area (TPSA) is 44.8 Å². The summed E-state index contributed by atoms with van der Waals surface area (Å²) in [6.45, 7) is 0. The number of phosphoric acid groups is 1. The highest BCUT2D eigenvalue weighted by Crippen LogP contribution is 2.55. The van der Waals surface area contributed by atoms with Gasteiger partial charge < -0.3 is 4.52 Å². The molecule has 0 aromatic rings. The Hall–Kier alpha value is 0.270. The van der Waals surface area contributed by atoms with Crippen LogP contribution in [0.15, 0.2) is 10.8 Å². The van der Waals surface area contributed by atoms with Crippen molar-refractivity contribution in [3.05, 3.63) is 10.8 Å². The van der Waals surface area contributed by atoms with Gasteiger partial charge in [-0.2, -0.15) is 0 Å². The lowest BCUT2D eigenvalue weighted by atomic mass is 10.3. The van der Waals surface area contributed by atoms with E-state index in [9.17, 15) is 4.57 Å². The lowest BCUT2D eigenvalue weighted by Crippen LogP contribution is -2.13. The summed E-state index contributed by atoms with van der Waals surface area (Å²) < 4.78 is 28.7. The molecule has 0 amide bonds. The van der Waals surface area contributed by atoms with E-state index in [4.69, 9.17) is 36.8 Å². The highest BCUT2D eigenvalue weighted by molar-refractivity contribution is 7.48. The molecule has 0 saturated heterocycles. The Balaban J connectivity index is 1.97. The Morgan fingerprint density at radius 3 is 1.74 bits per heavy atom. The van der Waals surface area contributed by atoms with Crippen LogP contribution in [0, 0.1) is 0 Å². The second-order valence-corrected chi connectivity index (χ2v) is 7.52. The minimum absolute atomic E-state index is 0.0604. The zero-order chi connectivity index (χ0) is 13.7. The molecule has 110 valence electrons. The van der Waals surface area contributed by atoms with Crippen LogP contribution >= 0.6 is 31.0 Å². The van der Waals surface area contributed by atoms with E-state index in [0.29, 0.717) is 0 Å². The molecule has 0 aromatic heterocycles. The molecule has 2 aliphatic rings. The highest BCUT2D eigenvalue weighted by atomic mass is 35.5. The van der Waals surface area contributed by atoms with Gasteiger partial charge in [-0.25, -0.2) is 4.57 Å². The van der Waals surface area contributed by atoms with Gasteiger partial charge in [0.1, 0.15) is 10.8 Å². The van der Waals surface area contributed by atoms with E-state index in [1.54, 1.807) is 0 Å². The van der Waals surface area contributed by atoms with Crippen molar-refractivity contribution in [2.75, 3.05) is 0 Å². The van der Waals surface area contributed by atoms with Crippen molar-refractivity contribution in [3.8, 4) is 0 Å². The van der Waals surface area contributed by atoms with Crippen LogP contribution in [0.3, 0.4) is 0 Å². The van der Waals surface area contributed by atoms with Gasteiger partial charge in [0, 0.05) is 0 Å². The van der Waals surface area contributed by atoms with E-state index < -0.39 is 7.82 Å². The third-order valence-electron chi connectivity index (χ3n) is 3.43. The van der Waals surface area contributed by atoms with Crippen molar-refractivity contribution < 1.29 is 18.1 Å². The summed E-state index contributed by atoms with van der Waals surface area (Å²) in [6, 6.07) is 0. The molecule has 2 rings (SSSR count). The first-order valence-corrected chi connectivity index (χ1v) is 8.95. The van der Waals surface area contributed by atoms with Gasteiger partial charge in [-0.15, -0.1) is 0 Å². The highest BCUT2D eigenvalue weighted by Gasteiger charge is 2.36. The molecule has 7 heteroatoms. The van der Waals surface area contributed by atoms with Crippen LogP contribution in [-0.2, 0) is 18.1 Å². The molecule has 0 spiro atoms. The Morgan fingerprint density at radius 1 is 0.947 bits per heavy atom. The maximum absolute atomic E-state index is 12.6. The molecule has 0 aromatic carbocycles. The van der Waals surface area contributed by atoms with E-state index in [1.165, 1.54) is 0 Å². The molecular formula is C12H19Cl2O4P. The van der Waals surface area contributed by atoms with Gasteiger partial charge in [0.15, 0.2) is 0 Å². The molecular weight excluding hydrogens is 310 g/mol. The Kier molecular flexibility index (Phi) is 6.04. The van der Waals surface area contributed by atoms with Gasteiger partial charge in [0.25, 0.3) is 0 Å². The molecule has 2 saturated carbocycles. The van der Waals surface area contributed by atoms with Crippen LogP contribution in [0.5, 0.6) is 0 Å². The first-order valence-electron chi connectivity index (χ1n) is 6.74.